The predicted octanol–water partition coefficient (Wildman–Crippen LogP) is 3.19. The van der Waals surface area contributed by atoms with Crippen LogP contribution in [-0.2, 0) is 0 Å². The summed E-state index contributed by atoms with van der Waals surface area (Å²) in [5.74, 6) is 0.434. The minimum atomic E-state index is -0.548. The Kier molecular flexibility index (Phi) is 5.33. The quantitative estimate of drug-likeness (QED) is 0.672. The van der Waals surface area contributed by atoms with Crippen LogP contribution in [0.15, 0.2) is 46.2 Å². The van der Waals surface area contributed by atoms with Crippen LogP contribution in [0, 0.1) is 6.92 Å². The summed E-state index contributed by atoms with van der Waals surface area (Å²) in [6, 6.07) is 10.3. The molecular formula is C18H17N3O4S. The van der Waals surface area contributed by atoms with Crippen LogP contribution in [0.25, 0.3) is 10.8 Å². The highest BCUT2D eigenvalue weighted by Gasteiger charge is 2.19. The molecule has 0 radical (unpaired) electrons. The highest BCUT2D eigenvalue weighted by molar-refractivity contribution is 7.13. The monoisotopic (exact) mass is 371 g/mol. The Morgan fingerprint density at radius 2 is 1.88 bits per heavy atom. The zero-order valence-corrected chi connectivity index (χ0v) is 15.1. The average molecular weight is 371 g/mol. The molecule has 2 amide bonds. The van der Waals surface area contributed by atoms with Gasteiger partial charge in [0.15, 0.2) is 5.69 Å². The highest BCUT2D eigenvalue weighted by atomic mass is 32.1. The average Bonchev–Trinajstić information content (AvgIpc) is 3.30. The molecule has 2 N–H and O–H groups in total. The number of amides is 2. The number of aromatic nitrogens is 1. The van der Waals surface area contributed by atoms with Crippen LogP contribution < -0.4 is 15.6 Å². The molecule has 0 aliphatic rings. The molecule has 3 rings (SSSR count). The molecular weight excluding hydrogens is 354 g/mol. The van der Waals surface area contributed by atoms with E-state index in [1.54, 1.807) is 31.2 Å². The van der Waals surface area contributed by atoms with Gasteiger partial charge in [-0.05, 0) is 49.6 Å². The Labute approximate surface area is 154 Å². The maximum Gasteiger partial charge on any atom is 0.291 e. The summed E-state index contributed by atoms with van der Waals surface area (Å²) in [4.78, 5) is 29.4. The summed E-state index contributed by atoms with van der Waals surface area (Å²) in [6.45, 7) is 4.07. The van der Waals surface area contributed by atoms with Crippen molar-refractivity contribution in [2.45, 2.75) is 13.8 Å². The van der Waals surface area contributed by atoms with Crippen molar-refractivity contribution in [3.8, 4) is 16.5 Å². The van der Waals surface area contributed by atoms with E-state index in [2.05, 4.69) is 15.8 Å². The molecule has 0 fully saturated rings. The third kappa shape index (κ3) is 3.92. The summed E-state index contributed by atoms with van der Waals surface area (Å²) in [5, 5.41) is 1.89. The summed E-state index contributed by atoms with van der Waals surface area (Å²) in [6.07, 6.45) is 0. The van der Waals surface area contributed by atoms with E-state index in [1.165, 1.54) is 11.3 Å². The number of nitrogens with zero attached hydrogens (tertiary/aromatic N) is 1. The van der Waals surface area contributed by atoms with Crippen molar-refractivity contribution in [1.29, 1.82) is 0 Å². The predicted molar refractivity (Wildman–Crippen MR) is 97.1 cm³/mol. The van der Waals surface area contributed by atoms with Gasteiger partial charge in [-0.2, -0.15) is 0 Å². The number of ether oxygens (including phenoxy) is 1. The molecule has 1 aromatic carbocycles. The number of rotatable bonds is 5. The molecule has 2 aromatic heterocycles. The smallest absolute Gasteiger partial charge is 0.291 e. The number of nitrogens with one attached hydrogen (secondary N) is 2. The molecule has 2 heterocycles. The van der Waals surface area contributed by atoms with Gasteiger partial charge in [-0.3, -0.25) is 20.4 Å². The first-order chi connectivity index (χ1) is 12.6. The van der Waals surface area contributed by atoms with Crippen molar-refractivity contribution in [2.75, 3.05) is 6.61 Å². The SMILES string of the molecule is CCOc1ccc(C(=O)NNC(=O)c2nc(-c3cccs3)oc2C)cc1. The lowest BCUT2D eigenvalue weighted by Gasteiger charge is -2.07. The topological polar surface area (TPSA) is 93.5 Å². The minimum Gasteiger partial charge on any atom is -0.494 e. The number of aryl methyl sites for hydroxylation is 1. The number of carbonyl (C=O) groups excluding carboxylic acids is 2. The molecule has 0 saturated heterocycles. The van der Waals surface area contributed by atoms with Gasteiger partial charge >= 0.3 is 0 Å². The molecule has 3 aromatic rings. The van der Waals surface area contributed by atoms with Gasteiger partial charge in [0.05, 0.1) is 11.5 Å². The van der Waals surface area contributed by atoms with Gasteiger partial charge < -0.3 is 9.15 Å². The Bertz CT molecular complexity index is 901. The zero-order valence-electron chi connectivity index (χ0n) is 14.2. The largest absolute Gasteiger partial charge is 0.494 e. The Morgan fingerprint density at radius 1 is 1.15 bits per heavy atom. The number of benzene rings is 1. The minimum absolute atomic E-state index is 0.125. The van der Waals surface area contributed by atoms with E-state index in [0.29, 0.717) is 29.6 Å². The Hall–Kier alpha value is -3.13. The number of oxazole rings is 1. The number of thiophene rings is 1. The second-order valence-electron chi connectivity index (χ2n) is 5.27. The summed E-state index contributed by atoms with van der Waals surface area (Å²) in [7, 11) is 0. The molecule has 7 nitrogen and oxygen atoms in total. The van der Waals surface area contributed by atoms with Crippen LogP contribution in [0.1, 0.15) is 33.5 Å². The maximum atomic E-state index is 12.3. The molecule has 26 heavy (non-hydrogen) atoms. The standard InChI is InChI=1S/C18H17N3O4S/c1-3-24-13-8-6-12(7-9-13)16(22)20-21-17(23)15-11(2)25-18(19-15)14-5-4-10-26-14/h4-10H,3H2,1-2H3,(H,20,22)(H,21,23). The fraction of sp³-hybridized carbons (Fsp3) is 0.167. The van der Waals surface area contributed by atoms with Crippen LogP contribution >= 0.6 is 11.3 Å². The fourth-order valence-electron chi connectivity index (χ4n) is 2.23. The van der Waals surface area contributed by atoms with Crippen LogP contribution in [0.3, 0.4) is 0 Å². The molecule has 0 atom stereocenters. The molecule has 0 unspecified atom stereocenters. The molecule has 0 aliphatic heterocycles. The fourth-order valence-corrected chi connectivity index (χ4v) is 2.88. The van der Waals surface area contributed by atoms with Crippen molar-refractivity contribution < 1.29 is 18.7 Å². The van der Waals surface area contributed by atoms with Crippen molar-refractivity contribution in [1.82, 2.24) is 15.8 Å². The van der Waals surface area contributed by atoms with Crippen molar-refractivity contribution in [3.63, 3.8) is 0 Å². The van der Waals surface area contributed by atoms with Gasteiger partial charge in [-0.25, -0.2) is 4.98 Å². The normalized spacial score (nSPS) is 10.4. The van der Waals surface area contributed by atoms with Crippen LogP contribution in [-0.4, -0.2) is 23.4 Å². The maximum absolute atomic E-state index is 12.3. The lowest BCUT2D eigenvalue weighted by molar-refractivity contribution is 0.0843. The Balaban J connectivity index is 1.62. The molecule has 8 heteroatoms. The van der Waals surface area contributed by atoms with Gasteiger partial charge in [0, 0.05) is 5.56 Å². The summed E-state index contributed by atoms with van der Waals surface area (Å²) >= 11 is 1.46. The lowest BCUT2D eigenvalue weighted by atomic mass is 10.2. The molecule has 0 bridgehead atoms. The van der Waals surface area contributed by atoms with Crippen molar-refractivity contribution in [3.05, 3.63) is 58.8 Å². The van der Waals surface area contributed by atoms with E-state index < -0.39 is 11.8 Å². The van der Waals surface area contributed by atoms with Crippen LogP contribution in [0.4, 0.5) is 0 Å². The van der Waals surface area contributed by atoms with Crippen molar-refractivity contribution in [2.24, 2.45) is 0 Å². The Morgan fingerprint density at radius 3 is 2.54 bits per heavy atom. The van der Waals surface area contributed by atoms with E-state index >= 15 is 0 Å². The number of hydrogen-bond donors (Lipinski definition) is 2. The first-order valence-corrected chi connectivity index (χ1v) is 8.81. The van der Waals surface area contributed by atoms with E-state index in [1.807, 2.05) is 24.4 Å². The van der Waals surface area contributed by atoms with E-state index in [-0.39, 0.29) is 5.69 Å². The van der Waals surface area contributed by atoms with Gasteiger partial charge in [-0.15, -0.1) is 11.3 Å². The molecule has 0 saturated carbocycles. The van der Waals surface area contributed by atoms with E-state index in [4.69, 9.17) is 9.15 Å². The van der Waals surface area contributed by atoms with Gasteiger partial charge in [-0.1, -0.05) is 6.07 Å². The first kappa shape index (κ1) is 17.7. The van der Waals surface area contributed by atoms with Crippen LogP contribution in [0.2, 0.25) is 0 Å². The van der Waals surface area contributed by atoms with Crippen molar-refractivity contribution >= 4 is 23.2 Å². The van der Waals surface area contributed by atoms with Gasteiger partial charge in [0.25, 0.3) is 11.8 Å². The lowest BCUT2D eigenvalue weighted by Crippen LogP contribution is -2.42. The highest BCUT2D eigenvalue weighted by Crippen LogP contribution is 2.25. The number of hydrogen-bond acceptors (Lipinski definition) is 6. The van der Waals surface area contributed by atoms with E-state index in [9.17, 15) is 9.59 Å². The number of hydrazine groups is 1. The molecule has 0 spiro atoms. The van der Waals surface area contributed by atoms with Gasteiger partial charge in [0.2, 0.25) is 5.89 Å². The second kappa shape index (κ2) is 7.83. The second-order valence-corrected chi connectivity index (χ2v) is 6.21. The molecule has 134 valence electrons. The number of carbonyl (C=O) groups is 2. The van der Waals surface area contributed by atoms with E-state index in [0.717, 1.165) is 4.88 Å². The third-order valence-corrected chi connectivity index (χ3v) is 4.32. The van der Waals surface area contributed by atoms with Gasteiger partial charge in [0.1, 0.15) is 11.5 Å². The molecule has 0 aliphatic carbocycles. The third-order valence-electron chi connectivity index (χ3n) is 3.46. The first-order valence-electron chi connectivity index (χ1n) is 7.93. The zero-order chi connectivity index (χ0) is 18.5. The van der Waals surface area contributed by atoms with Crippen LogP contribution in [0.5, 0.6) is 5.75 Å². The summed E-state index contributed by atoms with van der Waals surface area (Å²) < 4.78 is 10.8. The summed E-state index contributed by atoms with van der Waals surface area (Å²) in [5.41, 5.74) is 5.23.